The summed E-state index contributed by atoms with van der Waals surface area (Å²) in [6.07, 6.45) is 5.87. The Kier molecular flexibility index (Phi) is 5.40. The van der Waals surface area contributed by atoms with Crippen LogP contribution in [0.2, 0.25) is 0 Å². The Hall–Kier alpha value is -2.88. The Labute approximate surface area is 172 Å². The lowest BCUT2D eigenvalue weighted by Crippen LogP contribution is -2.34. The average Bonchev–Trinajstić information content (AvgIpc) is 2.67. The molecule has 0 heterocycles. The van der Waals surface area contributed by atoms with Gasteiger partial charge in [-0.1, -0.05) is 57.1 Å². The third-order valence-electron chi connectivity index (χ3n) is 6.17. The quantitative estimate of drug-likeness (QED) is 0.385. The molecule has 0 bridgehead atoms. The van der Waals surface area contributed by atoms with Crippen molar-refractivity contribution in [3.05, 3.63) is 75.9 Å². The van der Waals surface area contributed by atoms with Crippen molar-refractivity contribution < 1.29 is 15.1 Å². The lowest BCUT2D eigenvalue weighted by Gasteiger charge is -2.42. The van der Waals surface area contributed by atoms with Crippen molar-refractivity contribution >= 4 is 17.8 Å². The van der Waals surface area contributed by atoms with Gasteiger partial charge in [0.2, 0.25) is 0 Å². The number of carboxylic acid groups (broad SMARTS) is 1. The van der Waals surface area contributed by atoms with E-state index in [1.165, 1.54) is 11.1 Å². The standard InChI is InChI=1S/C25H29NO3/c1-16-14-20-21(25(4,5)13-12-24(20,2)3)15-19(16)22(26-29)11-8-17-6-9-18(10-7-17)23(27)28/h6-11,14-15,29H,12-13H2,1-5H3,(H,27,28)/b11-8-,26-22-. The summed E-state index contributed by atoms with van der Waals surface area (Å²) in [5, 5.41) is 22.3. The fourth-order valence-electron chi connectivity index (χ4n) is 4.09. The maximum absolute atomic E-state index is 11.0. The zero-order valence-electron chi connectivity index (χ0n) is 17.8. The summed E-state index contributed by atoms with van der Waals surface area (Å²) in [7, 11) is 0. The molecule has 3 rings (SSSR count). The van der Waals surface area contributed by atoms with E-state index in [4.69, 9.17) is 5.11 Å². The molecule has 29 heavy (non-hydrogen) atoms. The van der Waals surface area contributed by atoms with Crippen LogP contribution in [0.25, 0.3) is 6.08 Å². The van der Waals surface area contributed by atoms with Gasteiger partial charge in [0.1, 0.15) is 5.71 Å². The number of hydrogen-bond acceptors (Lipinski definition) is 3. The van der Waals surface area contributed by atoms with Gasteiger partial charge in [-0.2, -0.15) is 0 Å². The van der Waals surface area contributed by atoms with Gasteiger partial charge in [-0.25, -0.2) is 4.79 Å². The van der Waals surface area contributed by atoms with Crippen LogP contribution in [0.4, 0.5) is 0 Å². The summed E-state index contributed by atoms with van der Waals surface area (Å²) in [5.41, 5.74) is 6.46. The van der Waals surface area contributed by atoms with Crippen molar-refractivity contribution in [3.8, 4) is 0 Å². The van der Waals surface area contributed by atoms with Gasteiger partial charge < -0.3 is 10.3 Å². The SMILES string of the molecule is Cc1cc2c(cc1C(/C=C\c1ccc(C(=O)O)cc1)=N\O)C(C)(C)CCC2(C)C. The van der Waals surface area contributed by atoms with E-state index in [-0.39, 0.29) is 16.4 Å². The van der Waals surface area contributed by atoms with Gasteiger partial charge in [-0.15, -0.1) is 0 Å². The molecule has 2 N–H and O–H groups in total. The fourth-order valence-corrected chi connectivity index (χ4v) is 4.09. The average molecular weight is 392 g/mol. The van der Waals surface area contributed by atoms with E-state index in [0.29, 0.717) is 5.71 Å². The van der Waals surface area contributed by atoms with Crippen LogP contribution >= 0.6 is 0 Å². The molecule has 1 aliphatic carbocycles. The van der Waals surface area contributed by atoms with Crippen molar-refractivity contribution in [2.75, 3.05) is 0 Å². The third-order valence-corrected chi connectivity index (χ3v) is 6.17. The normalized spacial score (nSPS) is 17.9. The van der Waals surface area contributed by atoms with Gasteiger partial charge in [-0.05, 0) is 77.1 Å². The van der Waals surface area contributed by atoms with Crippen molar-refractivity contribution in [1.82, 2.24) is 0 Å². The van der Waals surface area contributed by atoms with Gasteiger partial charge in [0, 0.05) is 5.56 Å². The second-order valence-corrected chi connectivity index (χ2v) is 9.23. The minimum Gasteiger partial charge on any atom is -0.478 e. The molecule has 4 nitrogen and oxygen atoms in total. The number of rotatable bonds is 4. The molecule has 0 unspecified atom stereocenters. The maximum atomic E-state index is 11.0. The highest BCUT2D eigenvalue weighted by atomic mass is 16.4. The Bertz CT molecular complexity index is 995. The summed E-state index contributed by atoms with van der Waals surface area (Å²) in [5.74, 6) is -0.951. The number of carbonyl (C=O) groups is 1. The second-order valence-electron chi connectivity index (χ2n) is 9.23. The molecule has 0 aliphatic heterocycles. The first-order valence-corrected chi connectivity index (χ1v) is 9.95. The minimum atomic E-state index is -0.951. The van der Waals surface area contributed by atoms with E-state index in [1.807, 2.05) is 13.0 Å². The van der Waals surface area contributed by atoms with E-state index in [9.17, 15) is 10.0 Å². The topological polar surface area (TPSA) is 69.9 Å². The van der Waals surface area contributed by atoms with Gasteiger partial charge in [-0.3, -0.25) is 0 Å². The molecule has 1 aliphatic rings. The smallest absolute Gasteiger partial charge is 0.335 e. The highest BCUT2D eigenvalue weighted by molar-refractivity contribution is 6.11. The van der Waals surface area contributed by atoms with Crippen LogP contribution in [0, 0.1) is 6.92 Å². The van der Waals surface area contributed by atoms with Crippen molar-refractivity contribution in [2.45, 2.75) is 58.3 Å². The molecule has 4 heteroatoms. The molecule has 0 saturated heterocycles. The molecule has 152 valence electrons. The Morgan fingerprint density at radius 1 is 1.00 bits per heavy atom. The first-order chi connectivity index (χ1) is 13.5. The number of hydrogen-bond donors (Lipinski definition) is 2. The molecular weight excluding hydrogens is 362 g/mol. The molecule has 0 radical (unpaired) electrons. The molecule has 0 aromatic heterocycles. The number of aromatic carboxylic acids is 1. The Morgan fingerprint density at radius 3 is 2.07 bits per heavy atom. The van der Waals surface area contributed by atoms with E-state index in [2.05, 4.69) is 45.0 Å². The zero-order chi connectivity index (χ0) is 21.4. The Balaban J connectivity index is 1.99. The summed E-state index contributed by atoms with van der Waals surface area (Å²) < 4.78 is 0. The number of aryl methyl sites for hydroxylation is 1. The molecule has 2 aromatic carbocycles. The van der Waals surface area contributed by atoms with Crippen LogP contribution in [0.3, 0.4) is 0 Å². The number of allylic oxidation sites excluding steroid dienone is 1. The predicted octanol–water partition coefficient (Wildman–Crippen LogP) is 5.93. The molecule has 0 fully saturated rings. The van der Waals surface area contributed by atoms with Gasteiger partial charge in [0.25, 0.3) is 0 Å². The summed E-state index contributed by atoms with van der Waals surface area (Å²) in [4.78, 5) is 11.0. The fraction of sp³-hybridized carbons (Fsp3) is 0.360. The summed E-state index contributed by atoms with van der Waals surface area (Å²) in [6.45, 7) is 11.2. The van der Waals surface area contributed by atoms with E-state index in [0.717, 1.165) is 29.5 Å². The number of nitrogens with zero attached hydrogens (tertiary/aromatic N) is 1. The van der Waals surface area contributed by atoms with E-state index < -0.39 is 5.97 Å². The summed E-state index contributed by atoms with van der Waals surface area (Å²) in [6, 6.07) is 11.0. The maximum Gasteiger partial charge on any atom is 0.335 e. The lowest BCUT2D eigenvalue weighted by molar-refractivity contribution is 0.0697. The van der Waals surface area contributed by atoms with E-state index >= 15 is 0 Å². The third kappa shape index (κ3) is 4.12. The number of benzene rings is 2. The van der Waals surface area contributed by atoms with Gasteiger partial charge in [0.05, 0.1) is 5.56 Å². The van der Waals surface area contributed by atoms with Crippen LogP contribution < -0.4 is 0 Å². The molecule has 0 amide bonds. The highest BCUT2D eigenvalue weighted by Gasteiger charge is 2.37. The largest absolute Gasteiger partial charge is 0.478 e. The number of oxime groups is 1. The molecule has 0 atom stereocenters. The molecule has 2 aromatic rings. The van der Waals surface area contributed by atoms with Crippen LogP contribution in [0.5, 0.6) is 0 Å². The number of fused-ring (bicyclic) bond motifs is 1. The minimum absolute atomic E-state index is 0.0737. The van der Waals surface area contributed by atoms with Crippen LogP contribution in [-0.2, 0) is 10.8 Å². The predicted molar refractivity (Wildman–Crippen MR) is 117 cm³/mol. The molecular formula is C25H29NO3. The molecule has 0 saturated carbocycles. The van der Waals surface area contributed by atoms with E-state index in [1.54, 1.807) is 30.3 Å². The first-order valence-electron chi connectivity index (χ1n) is 9.95. The number of carboxylic acids is 1. The van der Waals surface area contributed by atoms with Crippen molar-refractivity contribution in [3.63, 3.8) is 0 Å². The first kappa shape index (κ1) is 20.8. The van der Waals surface area contributed by atoms with Crippen LogP contribution in [-0.4, -0.2) is 22.0 Å². The second kappa shape index (κ2) is 7.51. The van der Waals surface area contributed by atoms with Gasteiger partial charge >= 0.3 is 5.97 Å². The van der Waals surface area contributed by atoms with Crippen molar-refractivity contribution in [2.24, 2.45) is 5.16 Å². The van der Waals surface area contributed by atoms with Crippen LogP contribution in [0.1, 0.15) is 78.7 Å². The highest BCUT2D eigenvalue weighted by Crippen LogP contribution is 2.46. The zero-order valence-corrected chi connectivity index (χ0v) is 17.8. The van der Waals surface area contributed by atoms with Crippen LogP contribution in [0.15, 0.2) is 47.6 Å². The Morgan fingerprint density at radius 2 is 1.55 bits per heavy atom. The lowest BCUT2D eigenvalue weighted by atomic mass is 9.62. The van der Waals surface area contributed by atoms with Crippen molar-refractivity contribution in [1.29, 1.82) is 0 Å². The van der Waals surface area contributed by atoms with Gasteiger partial charge in [0.15, 0.2) is 0 Å². The molecule has 0 spiro atoms. The monoisotopic (exact) mass is 391 g/mol. The summed E-state index contributed by atoms with van der Waals surface area (Å²) >= 11 is 0.